The molecule has 1 fully saturated rings. The van der Waals surface area contributed by atoms with Gasteiger partial charge in [-0.05, 0) is 52.7 Å². The normalized spacial score (nSPS) is 16.3. The zero-order chi connectivity index (χ0) is 20.5. The molecule has 2 heterocycles. The van der Waals surface area contributed by atoms with Crippen LogP contribution in [0.15, 0.2) is 51.5 Å². The third-order valence-electron chi connectivity index (χ3n) is 4.82. The smallest absolute Gasteiger partial charge is 0.229 e. The Hall–Kier alpha value is -3.00. The molecule has 0 bridgehead atoms. The summed E-state index contributed by atoms with van der Waals surface area (Å²) >= 11 is 3.46. The van der Waals surface area contributed by atoms with E-state index in [-0.39, 0.29) is 18.2 Å². The van der Waals surface area contributed by atoms with Crippen molar-refractivity contribution in [2.75, 3.05) is 16.8 Å². The van der Waals surface area contributed by atoms with Gasteiger partial charge in [0, 0.05) is 35.6 Å². The quantitative estimate of drug-likeness (QED) is 0.640. The fourth-order valence-electron chi connectivity index (χ4n) is 3.32. The minimum absolute atomic E-state index is 0.0884. The van der Waals surface area contributed by atoms with Gasteiger partial charge in [-0.1, -0.05) is 23.4 Å². The molecule has 4 rings (SSSR count). The summed E-state index contributed by atoms with van der Waals surface area (Å²) in [6, 6.07) is 13.1. The van der Waals surface area contributed by atoms with Crippen LogP contribution in [0.5, 0.6) is 0 Å². The Balaban J connectivity index is 1.50. The maximum atomic E-state index is 12.7. The van der Waals surface area contributed by atoms with Crippen LogP contribution in [0, 0.1) is 19.8 Å². The van der Waals surface area contributed by atoms with E-state index in [0.717, 1.165) is 15.6 Å². The largest absolute Gasteiger partial charge is 0.339 e. The van der Waals surface area contributed by atoms with Crippen LogP contribution >= 0.6 is 15.9 Å². The van der Waals surface area contributed by atoms with Crippen LogP contribution in [0.2, 0.25) is 0 Å². The number of benzene rings is 2. The summed E-state index contributed by atoms with van der Waals surface area (Å²) in [5, 5.41) is 6.83. The zero-order valence-corrected chi connectivity index (χ0v) is 17.6. The second kappa shape index (κ2) is 7.79. The molecule has 1 atom stereocenters. The van der Waals surface area contributed by atoms with Gasteiger partial charge < -0.3 is 14.7 Å². The van der Waals surface area contributed by atoms with Crippen molar-refractivity contribution in [3.8, 4) is 11.4 Å². The molecule has 3 aromatic rings. The fourth-order valence-corrected chi connectivity index (χ4v) is 3.91. The van der Waals surface area contributed by atoms with Crippen molar-refractivity contribution in [3.05, 3.63) is 58.4 Å². The number of halogens is 1. The predicted octanol–water partition coefficient (Wildman–Crippen LogP) is 4.11. The van der Waals surface area contributed by atoms with Crippen molar-refractivity contribution in [3.63, 3.8) is 0 Å². The number of carbonyl (C=O) groups is 2. The van der Waals surface area contributed by atoms with E-state index >= 15 is 0 Å². The fraction of sp³-hybridized carbons (Fsp3) is 0.238. The maximum absolute atomic E-state index is 12.7. The molecular weight excluding hydrogens is 436 g/mol. The lowest BCUT2D eigenvalue weighted by molar-refractivity contribution is -0.122. The molecule has 1 aromatic heterocycles. The molecule has 1 N–H and O–H groups in total. The van der Waals surface area contributed by atoms with Gasteiger partial charge in [0.25, 0.3) is 0 Å². The van der Waals surface area contributed by atoms with Crippen LogP contribution in [0.25, 0.3) is 11.4 Å². The highest BCUT2D eigenvalue weighted by Gasteiger charge is 2.35. The Kier molecular flexibility index (Phi) is 5.19. The van der Waals surface area contributed by atoms with Crippen molar-refractivity contribution < 1.29 is 14.1 Å². The molecule has 1 aliphatic heterocycles. The van der Waals surface area contributed by atoms with Gasteiger partial charge in [-0.3, -0.25) is 9.59 Å². The van der Waals surface area contributed by atoms with Crippen LogP contribution in [-0.4, -0.2) is 28.5 Å². The minimum Gasteiger partial charge on any atom is -0.339 e. The molecule has 8 heteroatoms. The third-order valence-corrected chi connectivity index (χ3v) is 5.48. The Labute approximate surface area is 176 Å². The number of aromatic nitrogens is 2. The van der Waals surface area contributed by atoms with Gasteiger partial charge in [0.05, 0.1) is 11.6 Å². The number of amides is 2. The Morgan fingerprint density at radius 2 is 2.07 bits per heavy atom. The lowest BCUT2D eigenvalue weighted by Gasteiger charge is -2.17. The van der Waals surface area contributed by atoms with Crippen LogP contribution in [0.1, 0.15) is 17.9 Å². The number of carbonyl (C=O) groups excluding carboxylic acids is 2. The van der Waals surface area contributed by atoms with Gasteiger partial charge in [-0.2, -0.15) is 4.98 Å². The summed E-state index contributed by atoms with van der Waals surface area (Å²) in [6.45, 7) is 4.02. The minimum atomic E-state index is -0.424. The van der Waals surface area contributed by atoms with E-state index in [0.29, 0.717) is 29.6 Å². The Bertz CT molecular complexity index is 1100. The third kappa shape index (κ3) is 4.07. The number of aryl methyl sites for hydroxylation is 2. The first-order valence-corrected chi connectivity index (χ1v) is 9.98. The summed E-state index contributed by atoms with van der Waals surface area (Å²) in [5.41, 5.74) is 3.25. The number of nitrogens with one attached hydrogen (secondary N) is 1. The topological polar surface area (TPSA) is 88.3 Å². The SMILES string of the molecule is Cc1ccc(NC(=O)[C@H]2CC(=O)N(c3cccc(-c4noc(C)n4)c3)C2)c(Br)c1. The van der Waals surface area contributed by atoms with Crippen LogP contribution in [0.4, 0.5) is 11.4 Å². The number of hydrogen-bond acceptors (Lipinski definition) is 5. The summed E-state index contributed by atoms with van der Waals surface area (Å²) in [5.74, 6) is 0.257. The lowest BCUT2D eigenvalue weighted by atomic mass is 10.1. The summed E-state index contributed by atoms with van der Waals surface area (Å²) in [4.78, 5) is 31.2. The number of anilines is 2. The standard InChI is InChI=1S/C21H19BrN4O3/c1-12-6-7-18(17(22)8-12)24-21(28)15-10-19(27)26(11-15)16-5-3-4-14(9-16)20-23-13(2)29-25-20/h3-9,15H,10-11H2,1-2H3,(H,24,28)/t15-/m0/s1. The lowest BCUT2D eigenvalue weighted by Crippen LogP contribution is -2.28. The van der Waals surface area contributed by atoms with E-state index in [1.54, 1.807) is 11.8 Å². The molecule has 1 saturated heterocycles. The molecule has 0 spiro atoms. The van der Waals surface area contributed by atoms with Gasteiger partial charge >= 0.3 is 0 Å². The molecule has 29 heavy (non-hydrogen) atoms. The highest BCUT2D eigenvalue weighted by Crippen LogP contribution is 2.30. The van der Waals surface area contributed by atoms with Crippen molar-refractivity contribution in [2.24, 2.45) is 5.92 Å². The van der Waals surface area contributed by atoms with Gasteiger partial charge in [0.1, 0.15) is 0 Å². The van der Waals surface area contributed by atoms with Gasteiger partial charge in [-0.25, -0.2) is 0 Å². The molecule has 148 valence electrons. The molecule has 1 aliphatic rings. The Morgan fingerprint density at radius 3 is 2.79 bits per heavy atom. The van der Waals surface area contributed by atoms with Gasteiger partial charge in [0.2, 0.25) is 23.5 Å². The average Bonchev–Trinajstić information content (AvgIpc) is 3.30. The second-order valence-electron chi connectivity index (χ2n) is 7.07. The number of hydrogen-bond donors (Lipinski definition) is 1. The molecule has 0 saturated carbocycles. The number of rotatable bonds is 4. The predicted molar refractivity (Wildman–Crippen MR) is 112 cm³/mol. The summed E-state index contributed by atoms with van der Waals surface area (Å²) in [7, 11) is 0. The first-order chi connectivity index (χ1) is 13.9. The van der Waals surface area contributed by atoms with E-state index in [4.69, 9.17) is 4.52 Å². The monoisotopic (exact) mass is 454 g/mol. The van der Waals surface area contributed by atoms with Crippen molar-refractivity contribution in [1.29, 1.82) is 0 Å². The summed E-state index contributed by atoms with van der Waals surface area (Å²) in [6.07, 6.45) is 0.168. The van der Waals surface area contributed by atoms with Gasteiger partial charge in [-0.15, -0.1) is 0 Å². The van der Waals surface area contributed by atoms with Crippen LogP contribution < -0.4 is 10.2 Å². The summed E-state index contributed by atoms with van der Waals surface area (Å²) < 4.78 is 5.84. The zero-order valence-electron chi connectivity index (χ0n) is 16.0. The first-order valence-electron chi connectivity index (χ1n) is 9.19. The highest BCUT2D eigenvalue weighted by molar-refractivity contribution is 9.10. The van der Waals surface area contributed by atoms with E-state index in [1.807, 2.05) is 49.4 Å². The average molecular weight is 455 g/mol. The molecule has 2 aromatic carbocycles. The van der Waals surface area contributed by atoms with E-state index in [9.17, 15) is 9.59 Å². The van der Waals surface area contributed by atoms with Crippen LogP contribution in [0.3, 0.4) is 0 Å². The van der Waals surface area contributed by atoms with E-state index in [1.165, 1.54) is 0 Å². The second-order valence-corrected chi connectivity index (χ2v) is 7.92. The van der Waals surface area contributed by atoms with Gasteiger partial charge in [0.15, 0.2) is 0 Å². The van der Waals surface area contributed by atoms with Crippen molar-refractivity contribution in [1.82, 2.24) is 10.1 Å². The molecule has 0 unspecified atom stereocenters. The highest BCUT2D eigenvalue weighted by atomic mass is 79.9. The molecule has 0 radical (unpaired) electrons. The molecule has 2 amide bonds. The first kappa shape index (κ1) is 19.3. The van der Waals surface area contributed by atoms with Crippen LogP contribution in [-0.2, 0) is 9.59 Å². The molecule has 7 nitrogen and oxygen atoms in total. The number of nitrogens with zero attached hydrogens (tertiary/aromatic N) is 3. The maximum Gasteiger partial charge on any atom is 0.229 e. The van der Waals surface area contributed by atoms with Crippen molar-refractivity contribution >= 4 is 39.1 Å². The molecule has 0 aliphatic carbocycles. The van der Waals surface area contributed by atoms with E-state index in [2.05, 4.69) is 31.4 Å². The molecular formula is C21H19BrN4O3. The van der Waals surface area contributed by atoms with Crippen molar-refractivity contribution in [2.45, 2.75) is 20.3 Å². The Morgan fingerprint density at radius 1 is 1.24 bits per heavy atom. The van der Waals surface area contributed by atoms with E-state index < -0.39 is 5.92 Å².